The van der Waals surface area contributed by atoms with Gasteiger partial charge in [0.1, 0.15) is 5.78 Å². The molecule has 0 rings (SSSR count). The number of halogens is 19. The Labute approximate surface area is 175 Å². The zero-order valence-electron chi connectivity index (χ0n) is 15.6. The van der Waals surface area contributed by atoms with E-state index >= 15 is 0 Å². The van der Waals surface area contributed by atoms with Crippen LogP contribution in [0.4, 0.5) is 83.4 Å². The molecular weight excluding hydrogens is 545 g/mol. The van der Waals surface area contributed by atoms with Crippen LogP contribution in [0.15, 0.2) is 0 Å². The Hall–Kier alpha value is -1.66. The van der Waals surface area contributed by atoms with E-state index in [4.69, 9.17) is 0 Å². The third-order valence-electron chi connectivity index (χ3n) is 4.26. The molecule has 203 valence electrons. The van der Waals surface area contributed by atoms with Gasteiger partial charge in [0.05, 0.1) is 0 Å². The molecule has 0 spiro atoms. The lowest BCUT2D eigenvalue weighted by Gasteiger charge is -2.44. The second-order valence-electron chi connectivity index (χ2n) is 6.73. The summed E-state index contributed by atoms with van der Waals surface area (Å²) in [5, 5.41) is 0. The summed E-state index contributed by atoms with van der Waals surface area (Å²) < 4.78 is 248. The first-order valence-corrected chi connectivity index (χ1v) is 7.75. The molecule has 0 saturated carbocycles. The molecule has 1 atom stereocenters. The van der Waals surface area contributed by atoms with Gasteiger partial charge in [0.25, 0.3) is 0 Å². The molecule has 34 heavy (non-hydrogen) atoms. The predicted molar refractivity (Wildman–Crippen MR) is 69.8 cm³/mol. The second kappa shape index (κ2) is 8.19. The van der Waals surface area contributed by atoms with Crippen LogP contribution in [0.2, 0.25) is 0 Å². The zero-order valence-corrected chi connectivity index (χ0v) is 15.6. The van der Waals surface area contributed by atoms with Crippen LogP contribution in [0.1, 0.15) is 13.3 Å². The maximum atomic E-state index is 13.5. The van der Waals surface area contributed by atoms with Gasteiger partial charge in [0, 0.05) is 12.3 Å². The molecule has 1 radical (unpaired) electrons. The van der Waals surface area contributed by atoms with E-state index in [0.717, 1.165) is 0 Å². The summed E-state index contributed by atoms with van der Waals surface area (Å²) in [6, 6.07) is 0. The topological polar surface area (TPSA) is 17.1 Å². The second-order valence-corrected chi connectivity index (χ2v) is 6.73. The Morgan fingerprint density at radius 2 is 0.765 bits per heavy atom. The van der Waals surface area contributed by atoms with Gasteiger partial charge >= 0.3 is 53.6 Å². The number of carbonyl (C=O) groups excluding carboxylic acids is 1. The van der Waals surface area contributed by atoms with Gasteiger partial charge in [0.15, 0.2) is 0 Å². The van der Waals surface area contributed by atoms with Crippen molar-refractivity contribution in [3.8, 4) is 0 Å². The summed E-state index contributed by atoms with van der Waals surface area (Å²) in [6.07, 6.45) is -10.9. The van der Waals surface area contributed by atoms with Crippen LogP contribution in [-0.2, 0) is 4.79 Å². The predicted octanol–water partition coefficient (Wildman–Crippen LogP) is 7.06. The molecule has 20 heteroatoms. The van der Waals surface area contributed by atoms with Crippen molar-refractivity contribution in [2.75, 3.05) is 0 Å². The number of alkyl halides is 19. The Morgan fingerprint density at radius 1 is 0.529 bits per heavy atom. The van der Waals surface area contributed by atoms with E-state index in [0.29, 0.717) is 6.92 Å². The van der Waals surface area contributed by atoms with Crippen molar-refractivity contribution in [2.24, 2.45) is 5.92 Å². The smallest absolute Gasteiger partial charge is 0.300 e. The van der Waals surface area contributed by atoms with Gasteiger partial charge in [-0.3, -0.25) is 4.79 Å². The van der Waals surface area contributed by atoms with Crippen LogP contribution in [0.25, 0.3) is 0 Å². The lowest BCUT2D eigenvalue weighted by atomic mass is 9.85. The minimum Gasteiger partial charge on any atom is -0.300 e. The largest absolute Gasteiger partial charge is 0.460 e. The molecule has 1 nitrogen and oxygen atoms in total. The van der Waals surface area contributed by atoms with E-state index in [1.54, 1.807) is 0 Å². The molecular formula is C14H8F19O. The highest BCUT2D eigenvalue weighted by Crippen LogP contribution is 2.65. The van der Waals surface area contributed by atoms with Gasteiger partial charge in [-0.1, -0.05) is 0 Å². The van der Waals surface area contributed by atoms with E-state index in [9.17, 15) is 88.2 Å². The molecule has 0 aromatic heterocycles. The Kier molecular flexibility index (Phi) is 7.79. The van der Waals surface area contributed by atoms with Crippen molar-refractivity contribution in [2.45, 2.75) is 66.9 Å². The number of rotatable bonds is 10. The van der Waals surface area contributed by atoms with Crippen molar-refractivity contribution >= 4 is 5.78 Å². The van der Waals surface area contributed by atoms with Crippen molar-refractivity contribution in [1.29, 1.82) is 0 Å². The fraction of sp³-hybridized carbons (Fsp3) is 0.857. The maximum absolute atomic E-state index is 13.5. The number of Topliss-reactive ketones (excluding diaryl/α,β-unsaturated/α-hetero) is 1. The normalized spacial score (nSPS) is 17.1. The summed E-state index contributed by atoms with van der Waals surface area (Å²) in [5.74, 6) is -71.2. The molecule has 0 aromatic rings. The number of ketones is 1. The Balaban J connectivity index is 6.85. The van der Waals surface area contributed by atoms with Crippen LogP contribution < -0.4 is 0 Å². The van der Waals surface area contributed by atoms with Crippen LogP contribution in [-0.4, -0.2) is 59.3 Å². The molecule has 1 unspecified atom stereocenters. The van der Waals surface area contributed by atoms with E-state index < -0.39 is 71.7 Å². The molecule has 0 N–H and O–H groups in total. The summed E-state index contributed by atoms with van der Waals surface area (Å²) in [7, 11) is 0. The number of hydrogen-bond acceptors (Lipinski definition) is 1. The highest BCUT2D eigenvalue weighted by atomic mass is 19.4. The SMILES string of the molecule is [CH2]C(CC(F)(F)C(F)(F)C(F)(F)C(F)(F)C(F)(F)C(F)(F)C(F)(F)C(F)(F)C(F)(F)F)C(C)=O. The molecule has 0 aliphatic carbocycles. The average Bonchev–Trinajstić information content (AvgIpc) is 2.58. The Bertz CT molecular complexity index is 761. The summed E-state index contributed by atoms with van der Waals surface area (Å²) >= 11 is 0. The number of carbonyl (C=O) groups is 1. The molecule has 0 fully saturated rings. The van der Waals surface area contributed by atoms with Crippen molar-refractivity contribution < 1.29 is 88.2 Å². The highest BCUT2D eigenvalue weighted by Gasteiger charge is 2.96. The van der Waals surface area contributed by atoms with Crippen molar-refractivity contribution in [1.82, 2.24) is 0 Å². The summed E-state index contributed by atoms with van der Waals surface area (Å²) in [6.45, 7) is 2.70. The third kappa shape index (κ3) is 4.15. The molecule has 0 saturated heterocycles. The summed E-state index contributed by atoms with van der Waals surface area (Å²) in [5.41, 5.74) is 0. The monoisotopic (exact) mass is 553 g/mol. The van der Waals surface area contributed by atoms with Gasteiger partial charge in [-0.05, 0) is 13.8 Å². The molecule has 0 aliphatic rings. The third-order valence-corrected chi connectivity index (χ3v) is 4.26. The van der Waals surface area contributed by atoms with Crippen LogP contribution in [0.5, 0.6) is 0 Å². The molecule has 0 amide bonds. The standard InChI is InChI=1S/C14H8F19O/c1-4(5(2)34)3-6(15,16)7(17,18)8(19,20)9(21,22)10(23,24)11(25,26)12(27,28)13(29,30)14(31,32)33/h4H,1,3H2,2H3. The average molecular weight is 553 g/mol. The summed E-state index contributed by atoms with van der Waals surface area (Å²) in [4.78, 5) is 10.7. The van der Waals surface area contributed by atoms with E-state index in [-0.39, 0.29) is 0 Å². The van der Waals surface area contributed by atoms with Crippen LogP contribution >= 0.6 is 0 Å². The van der Waals surface area contributed by atoms with Gasteiger partial charge in [-0.25, -0.2) is 0 Å². The maximum Gasteiger partial charge on any atom is 0.460 e. The number of hydrogen-bond donors (Lipinski definition) is 0. The van der Waals surface area contributed by atoms with Crippen molar-refractivity contribution in [3.63, 3.8) is 0 Å². The lowest BCUT2D eigenvalue weighted by Crippen LogP contribution is -2.75. The van der Waals surface area contributed by atoms with Gasteiger partial charge in [0.2, 0.25) is 0 Å². The molecule has 0 aliphatic heterocycles. The van der Waals surface area contributed by atoms with Gasteiger partial charge in [-0.2, -0.15) is 83.4 Å². The highest BCUT2D eigenvalue weighted by molar-refractivity contribution is 5.78. The van der Waals surface area contributed by atoms with E-state index in [1.807, 2.05) is 0 Å². The molecule has 0 heterocycles. The van der Waals surface area contributed by atoms with Crippen LogP contribution in [0, 0.1) is 12.8 Å². The quantitative estimate of drug-likeness (QED) is 0.265. The Morgan fingerprint density at radius 3 is 1.00 bits per heavy atom. The zero-order chi connectivity index (χ0) is 28.4. The molecule has 0 aromatic carbocycles. The van der Waals surface area contributed by atoms with E-state index in [1.165, 1.54) is 0 Å². The van der Waals surface area contributed by atoms with Gasteiger partial charge in [-0.15, -0.1) is 0 Å². The van der Waals surface area contributed by atoms with Gasteiger partial charge < -0.3 is 0 Å². The molecule has 0 bridgehead atoms. The fourth-order valence-electron chi connectivity index (χ4n) is 1.97. The lowest BCUT2D eigenvalue weighted by molar-refractivity contribution is -0.468. The minimum atomic E-state index is -8.95. The first kappa shape index (κ1) is 32.3. The van der Waals surface area contributed by atoms with E-state index in [2.05, 4.69) is 6.92 Å². The fourth-order valence-corrected chi connectivity index (χ4v) is 1.97. The van der Waals surface area contributed by atoms with Crippen molar-refractivity contribution in [3.05, 3.63) is 6.92 Å². The van der Waals surface area contributed by atoms with Crippen LogP contribution in [0.3, 0.4) is 0 Å². The minimum absolute atomic E-state index is 0.302. The first-order chi connectivity index (χ1) is 14.3. The first-order valence-electron chi connectivity index (χ1n) is 7.75.